The molecule has 2 aromatic carbocycles. The van der Waals surface area contributed by atoms with Gasteiger partial charge < -0.3 is 11.1 Å². The van der Waals surface area contributed by atoms with Crippen LogP contribution in [-0.4, -0.2) is 29.5 Å². The van der Waals surface area contributed by atoms with Gasteiger partial charge in [0.05, 0.1) is 16.9 Å². The van der Waals surface area contributed by atoms with Gasteiger partial charge in [0.1, 0.15) is 11.3 Å². The number of hydrogen-bond donors (Lipinski definition) is 2. The van der Waals surface area contributed by atoms with E-state index in [2.05, 4.69) is 30.2 Å². The normalized spacial score (nSPS) is 12.1. The van der Waals surface area contributed by atoms with Crippen molar-refractivity contribution in [1.82, 2.24) is 29.5 Å². The van der Waals surface area contributed by atoms with Gasteiger partial charge in [-0.15, -0.1) is 0 Å². The number of fused-ring (bicyclic) bond motifs is 2. The van der Waals surface area contributed by atoms with Crippen molar-refractivity contribution < 1.29 is 0 Å². The van der Waals surface area contributed by atoms with Gasteiger partial charge in [0.2, 0.25) is 5.95 Å². The molecular formula is C30H26N8O. The number of pyridine rings is 2. The van der Waals surface area contributed by atoms with Gasteiger partial charge in [-0.25, -0.2) is 15.0 Å². The first-order valence-electron chi connectivity index (χ1n) is 12.6. The molecule has 0 fully saturated rings. The largest absolute Gasteiger partial charge is 0.368 e. The Morgan fingerprint density at radius 3 is 2.51 bits per heavy atom. The lowest BCUT2D eigenvalue weighted by atomic mass is 9.99. The van der Waals surface area contributed by atoms with Crippen molar-refractivity contribution in [2.24, 2.45) is 0 Å². The van der Waals surface area contributed by atoms with E-state index in [-0.39, 0.29) is 17.5 Å². The number of aryl methyl sites for hydroxylation is 2. The Bertz CT molecular complexity index is 1910. The Morgan fingerprint density at radius 2 is 1.72 bits per heavy atom. The fraction of sp³-hybridized carbons (Fsp3) is 0.133. The second-order valence-electron chi connectivity index (χ2n) is 9.51. The molecule has 0 aliphatic heterocycles. The van der Waals surface area contributed by atoms with Gasteiger partial charge in [0.25, 0.3) is 5.56 Å². The summed E-state index contributed by atoms with van der Waals surface area (Å²) in [6.45, 7) is 5.83. The molecule has 0 spiro atoms. The number of nitrogens with two attached hydrogens (primary N) is 1. The first kappa shape index (κ1) is 24.2. The van der Waals surface area contributed by atoms with Crippen LogP contribution in [0, 0.1) is 13.8 Å². The Kier molecular flexibility index (Phi) is 5.95. The van der Waals surface area contributed by atoms with E-state index in [1.165, 1.54) is 0 Å². The zero-order chi connectivity index (χ0) is 27.1. The highest BCUT2D eigenvalue weighted by atomic mass is 16.1. The fourth-order valence-electron chi connectivity index (χ4n) is 4.87. The summed E-state index contributed by atoms with van der Waals surface area (Å²) in [5.41, 5.74) is 11.2. The van der Waals surface area contributed by atoms with Gasteiger partial charge in [-0.3, -0.25) is 14.3 Å². The lowest BCUT2D eigenvalue weighted by molar-refractivity contribution is 0.774. The molecule has 6 aromatic rings. The Morgan fingerprint density at radius 1 is 0.923 bits per heavy atom. The highest BCUT2D eigenvalue weighted by molar-refractivity contribution is 5.96. The smallest absolute Gasteiger partial charge is 0.263 e. The number of nitrogen functional groups attached to an aromatic ring is 1. The van der Waals surface area contributed by atoms with Crippen LogP contribution in [0.4, 0.5) is 11.8 Å². The average molecular weight is 515 g/mol. The fourth-order valence-corrected chi connectivity index (χ4v) is 4.87. The van der Waals surface area contributed by atoms with E-state index in [0.29, 0.717) is 28.1 Å². The van der Waals surface area contributed by atoms with Crippen molar-refractivity contribution in [3.8, 4) is 16.8 Å². The number of anilines is 2. The molecule has 9 nitrogen and oxygen atoms in total. The van der Waals surface area contributed by atoms with Gasteiger partial charge in [0.15, 0.2) is 5.82 Å². The summed E-state index contributed by atoms with van der Waals surface area (Å²) in [6, 6.07) is 19.1. The van der Waals surface area contributed by atoms with Crippen molar-refractivity contribution in [1.29, 1.82) is 0 Å². The van der Waals surface area contributed by atoms with Crippen molar-refractivity contribution >= 4 is 33.6 Å². The van der Waals surface area contributed by atoms with E-state index in [1.807, 2.05) is 75.4 Å². The van der Waals surface area contributed by atoms with Crippen molar-refractivity contribution in [3.63, 3.8) is 0 Å². The summed E-state index contributed by atoms with van der Waals surface area (Å²) in [6.07, 6.45) is 5.19. The lowest BCUT2D eigenvalue weighted by Gasteiger charge is -2.22. The summed E-state index contributed by atoms with van der Waals surface area (Å²) in [7, 11) is 0. The number of aromatic nitrogens is 6. The minimum Gasteiger partial charge on any atom is -0.368 e. The van der Waals surface area contributed by atoms with Crippen LogP contribution in [-0.2, 0) is 0 Å². The van der Waals surface area contributed by atoms with E-state index in [9.17, 15) is 4.79 Å². The highest BCUT2D eigenvalue weighted by Gasteiger charge is 2.20. The third-order valence-electron chi connectivity index (χ3n) is 6.70. The molecule has 0 radical (unpaired) electrons. The highest BCUT2D eigenvalue weighted by Crippen LogP contribution is 2.30. The molecule has 3 N–H and O–H groups in total. The predicted molar refractivity (Wildman–Crippen MR) is 154 cm³/mol. The molecule has 4 heterocycles. The first-order chi connectivity index (χ1) is 18.9. The van der Waals surface area contributed by atoms with Crippen LogP contribution >= 0.6 is 0 Å². The van der Waals surface area contributed by atoms with Crippen LogP contribution in [0.5, 0.6) is 0 Å². The number of rotatable bonds is 5. The van der Waals surface area contributed by atoms with Crippen LogP contribution in [0.3, 0.4) is 0 Å². The quantitative estimate of drug-likeness (QED) is 0.323. The first-order valence-corrected chi connectivity index (χ1v) is 12.6. The maximum Gasteiger partial charge on any atom is 0.263 e. The zero-order valence-electron chi connectivity index (χ0n) is 21.8. The monoisotopic (exact) mass is 514 g/mol. The van der Waals surface area contributed by atoms with Gasteiger partial charge in [-0.2, -0.15) is 4.98 Å². The molecule has 0 aliphatic rings. The summed E-state index contributed by atoms with van der Waals surface area (Å²) >= 11 is 0. The van der Waals surface area contributed by atoms with Crippen LogP contribution in [0.1, 0.15) is 30.0 Å². The van der Waals surface area contributed by atoms with E-state index in [0.717, 1.165) is 33.5 Å². The Balaban J connectivity index is 1.58. The maximum atomic E-state index is 14.4. The number of benzene rings is 2. The second-order valence-corrected chi connectivity index (χ2v) is 9.51. The Labute approximate surface area is 224 Å². The summed E-state index contributed by atoms with van der Waals surface area (Å²) in [4.78, 5) is 36.2. The molecule has 0 unspecified atom stereocenters. The molecule has 4 aromatic heterocycles. The van der Waals surface area contributed by atoms with E-state index >= 15 is 0 Å². The molecule has 192 valence electrons. The van der Waals surface area contributed by atoms with E-state index in [4.69, 9.17) is 5.73 Å². The van der Waals surface area contributed by atoms with Gasteiger partial charge in [0, 0.05) is 35.5 Å². The number of nitrogens with zero attached hydrogens (tertiary/aromatic N) is 6. The molecule has 0 aliphatic carbocycles. The van der Waals surface area contributed by atoms with Crippen LogP contribution in [0.2, 0.25) is 0 Å². The third-order valence-corrected chi connectivity index (χ3v) is 6.70. The SMILES string of the molecule is Cc1cccc(-n2c([C@H](C)Nc3nc(N)nc4cccnc34)cc3cccc(-c4cnc(C)nc4)c3c2=O)c1. The second kappa shape index (κ2) is 9.60. The van der Waals surface area contributed by atoms with Crippen LogP contribution in [0.25, 0.3) is 38.6 Å². The van der Waals surface area contributed by atoms with E-state index in [1.54, 1.807) is 29.2 Å². The molecule has 0 amide bonds. The van der Waals surface area contributed by atoms with Crippen LogP contribution in [0.15, 0.2) is 84.0 Å². The van der Waals surface area contributed by atoms with Crippen LogP contribution < -0.4 is 16.6 Å². The topological polar surface area (TPSA) is 124 Å². The molecule has 9 heteroatoms. The average Bonchev–Trinajstić information content (AvgIpc) is 2.93. The summed E-state index contributed by atoms with van der Waals surface area (Å²) in [5, 5.41) is 4.85. The maximum absolute atomic E-state index is 14.4. The minimum absolute atomic E-state index is 0.136. The molecule has 6 rings (SSSR count). The molecular weight excluding hydrogens is 488 g/mol. The minimum atomic E-state index is -0.339. The standard InChI is InChI=1S/C30H26N8O/c1-17-7-4-9-22(13-17)38-25(18(2)35-28-27-24(11-6-12-32-27)36-30(31)37-28)14-20-8-5-10-23(26(20)29(38)39)21-15-33-19(3)34-16-21/h4-16,18H,1-3H3,(H3,31,35,36,37)/t18-/m0/s1. The third kappa shape index (κ3) is 4.44. The van der Waals surface area contributed by atoms with Crippen molar-refractivity contribution in [2.75, 3.05) is 11.1 Å². The lowest BCUT2D eigenvalue weighted by Crippen LogP contribution is -2.26. The zero-order valence-corrected chi connectivity index (χ0v) is 21.8. The predicted octanol–water partition coefficient (Wildman–Crippen LogP) is 5.16. The number of hydrogen-bond acceptors (Lipinski definition) is 8. The molecule has 0 bridgehead atoms. The molecule has 0 saturated carbocycles. The molecule has 1 atom stereocenters. The summed E-state index contributed by atoms with van der Waals surface area (Å²) in [5.74, 6) is 1.31. The van der Waals surface area contributed by atoms with Gasteiger partial charge in [-0.1, -0.05) is 30.3 Å². The Hall–Kier alpha value is -5.18. The van der Waals surface area contributed by atoms with E-state index < -0.39 is 0 Å². The number of nitrogens with one attached hydrogen (secondary N) is 1. The van der Waals surface area contributed by atoms with Gasteiger partial charge in [-0.05, 0) is 67.6 Å². The summed E-state index contributed by atoms with van der Waals surface area (Å²) < 4.78 is 1.76. The van der Waals surface area contributed by atoms with Crippen molar-refractivity contribution in [2.45, 2.75) is 26.8 Å². The van der Waals surface area contributed by atoms with Crippen molar-refractivity contribution in [3.05, 3.63) is 107 Å². The molecule has 39 heavy (non-hydrogen) atoms. The molecule has 0 saturated heterocycles. The van der Waals surface area contributed by atoms with Gasteiger partial charge >= 0.3 is 0 Å².